The highest BCUT2D eigenvalue weighted by Gasteiger charge is 2.03. The Morgan fingerprint density at radius 3 is 2.19 bits per heavy atom. The summed E-state index contributed by atoms with van der Waals surface area (Å²) in [6.07, 6.45) is 10.0. The third-order valence-electron chi connectivity index (χ3n) is 3.12. The Morgan fingerprint density at radius 2 is 1.67 bits per heavy atom. The molecule has 0 aliphatic heterocycles. The number of carbonyl (C=O) groups excluding carboxylic acids is 1. The Bertz CT molecular complexity index is 432. The van der Waals surface area contributed by atoms with Gasteiger partial charge in [0, 0.05) is 6.08 Å². The summed E-state index contributed by atoms with van der Waals surface area (Å²) in [6.45, 7) is 14.5. The van der Waals surface area contributed by atoms with E-state index in [1.807, 2.05) is 13.8 Å². The van der Waals surface area contributed by atoms with Crippen molar-refractivity contribution in [3.05, 3.63) is 47.1 Å². The maximum Gasteiger partial charge on any atom is 0.331 e. The molecule has 2 heteroatoms. The van der Waals surface area contributed by atoms with Gasteiger partial charge in [0.15, 0.2) is 0 Å². The highest BCUT2D eigenvalue weighted by molar-refractivity contribution is 5.83. The van der Waals surface area contributed by atoms with E-state index < -0.39 is 0 Å². The number of esters is 1. The first-order chi connectivity index (χ1) is 9.86. The standard InChI is InChI=1S/C19H30O2/c1-7-21-19(20)14-18(16(4)5)13-9-12-17(6)11-8-10-15(2)3/h10,12,14H,4,7-9,11,13H2,1-3,5-6H3/b17-12+,18-14-. The van der Waals surface area contributed by atoms with Crippen LogP contribution < -0.4 is 0 Å². The van der Waals surface area contributed by atoms with Gasteiger partial charge in [-0.1, -0.05) is 35.5 Å². The number of hydrogen-bond donors (Lipinski definition) is 0. The molecule has 21 heavy (non-hydrogen) atoms. The van der Waals surface area contributed by atoms with Gasteiger partial charge in [-0.05, 0) is 65.9 Å². The molecule has 0 spiro atoms. The number of ether oxygens (including phenoxy) is 1. The molecule has 118 valence electrons. The number of rotatable bonds is 9. The predicted molar refractivity (Wildman–Crippen MR) is 91.2 cm³/mol. The summed E-state index contributed by atoms with van der Waals surface area (Å²) < 4.78 is 4.95. The van der Waals surface area contributed by atoms with Gasteiger partial charge in [-0.3, -0.25) is 0 Å². The lowest BCUT2D eigenvalue weighted by molar-refractivity contribution is -0.137. The molecular weight excluding hydrogens is 260 g/mol. The van der Waals surface area contributed by atoms with Crippen LogP contribution in [0.3, 0.4) is 0 Å². The van der Waals surface area contributed by atoms with Crippen LogP contribution in [0.1, 0.15) is 60.3 Å². The molecule has 2 nitrogen and oxygen atoms in total. The van der Waals surface area contributed by atoms with Crippen molar-refractivity contribution in [2.24, 2.45) is 0 Å². The van der Waals surface area contributed by atoms with E-state index in [4.69, 9.17) is 4.74 Å². The van der Waals surface area contributed by atoms with Crippen molar-refractivity contribution >= 4 is 5.97 Å². The average molecular weight is 290 g/mol. The Labute approximate surface area is 130 Å². The van der Waals surface area contributed by atoms with Crippen molar-refractivity contribution in [1.82, 2.24) is 0 Å². The summed E-state index contributed by atoms with van der Waals surface area (Å²) in [5, 5.41) is 0. The number of hydrogen-bond acceptors (Lipinski definition) is 2. The van der Waals surface area contributed by atoms with Gasteiger partial charge >= 0.3 is 5.97 Å². The van der Waals surface area contributed by atoms with Crippen molar-refractivity contribution in [1.29, 1.82) is 0 Å². The van der Waals surface area contributed by atoms with E-state index in [1.165, 1.54) is 11.1 Å². The minimum Gasteiger partial charge on any atom is -0.463 e. The normalized spacial score (nSPS) is 12.0. The molecule has 0 saturated heterocycles. The molecule has 0 heterocycles. The molecule has 0 saturated carbocycles. The Morgan fingerprint density at radius 1 is 1.05 bits per heavy atom. The fourth-order valence-electron chi connectivity index (χ4n) is 1.90. The van der Waals surface area contributed by atoms with Crippen LogP contribution in [0.15, 0.2) is 47.1 Å². The van der Waals surface area contributed by atoms with Crippen LogP contribution in [-0.4, -0.2) is 12.6 Å². The van der Waals surface area contributed by atoms with Crippen molar-refractivity contribution in [2.45, 2.75) is 60.3 Å². The third-order valence-corrected chi connectivity index (χ3v) is 3.12. The molecule has 0 bridgehead atoms. The predicted octanol–water partition coefficient (Wildman–Crippen LogP) is 5.52. The lowest BCUT2D eigenvalue weighted by Gasteiger charge is -2.06. The summed E-state index contributed by atoms with van der Waals surface area (Å²) in [6, 6.07) is 0. The maximum atomic E-state index is 11.5. The van der Waals surface area contributed by atoms with Gasteiger partial charge in [0.25, 0.3) is 0 Å². The van der Waals surface area contributed by atoms with Crippen LogP contribution >= 0.6 is 0 Å². The molecule has 0 unspecified atom stereocenters. The van der Waals surface area contributed by atoms with Crippen molar-refractivity contribution in [2.75, 3.05) is 6.61 Å². The van der Waals surface area contributed by atoms with Gasteiger partial charge in [-0.15, -0.1) is 0 Å². The molecule has 0 aromatic heterocycles. The van der Waals surface area contributed by atoms with E-state index in [2.05, 4.69) is 39.5 Å². The maximum absolute atomic E-state index is 11.5. The third kappa shape index (κ3) is 10.8. The zero-order valence-corrected chi connectivity index (χ0v) is 14.3. The average Bonchev–Trinajstić information content (AvgIpc) is 2.37. The van der Waals surface area contributed by atoms with Crippen molar-refractivity contribution < 1.29 is 9.53 Å². The number of allylic oxidation sites excluding steroid dienone is 6. The minimum atomic E-state index is -0.278. The first-order valence-corrected chi connectivity index (χ1v) is 7.69. The zero-order chi connectivity index (χ0) is 16.3. The summed E-state index contributed by atoms with van der Waals surface area (Å²) in [4.78, 5) is 11.5. The first-order valence-electron chi connectivity index (χ1n) is 7.69. The van der Waals surface area contributed by atoms with Gasteiger partial charge < -0.3 is 4.74 Å². The first kappa shape index (κ1) is 19.4. The quantitative estimate of drug-likeness (QED) is 0.242. The minimum absolute atomic E-state index is 0.278. The second kappa shape index (κ2) is 11.1. The SMILES string of the molecule is C=C(C)/C(=C\C(=O)OCC)CC/C=C(\C)CCC=C(C)C. The molecule has 0 aliphatic rings. The summed E-state index contributed by atoms with van der Waals surface area (Å²) >= 11 is 0. The summed E-state index contributed by atoms with van der Waals surface area (Å²) in [5.74, 6) is -0.278. The molecule has 0 aromatic carbocycles. The molecule has 0 atom stereocenters. The molecule has 0 fully saturated rings. The van der Waals surface area contributed by atoms with Gasteiger partial charge in [-0.2, -0.15) is 0 Å². The van der Waals surface area contributed by atoms with E-state index in [0.29, 0.717) is 6.61 Å². The molecular formula is C19H30O2. The highest BCUT2D eigenvalue weighted by atomic mass is 16.5. The Hall–Kier alpha value is -1.57. The second-order valence-electron chi connectivity index (χ2n) is 5.61. The molecule has 0 radical (unpaired) electrons. The van der Waals surface area contributed by atoms with E-state index in [1.54, 1.807) is 6.08 Å². The highest BCUT2D eigenvalue weighted by Crippen LogP contribution is 2.16. The fraction of sp³-hybridized carbons (Fsp3) is 0.526. The van der Waals surface area contributed by atoms with E-state index in [0.717, 1.165) is 36.8 Å². The Balaban J connectivity index is 4.40. The summed E-state index contributed by atoms with van der Waals surface area (Å²) in [7, 11) is 0. The topological polar surface area (TPSA) is 26.3 Å². The largest absolute Gasteiger partial charge is 0.463 e. The van der Waals surface area contributed by atoms with Crippen LogP contribution in [0, 0.1) is 0 Å². The van der Waals surface area contributed by atoms with E-state index in [9.17, 15) is 4.79 Å². The zero-order valence-electron chi connectivity index (χ0n) is 14.3. The lowest BCUT2D eigenvalue weighted by atomic mass is 10.0. The Kier molecular flexibility index (Phi) is 10.3. The van der Waals surface area contributed by atoms with E-state index in [-0.39, 0.29) is 5.97 Å². The van der Waals surface area contributed by atoms with Crippen LogP contribution in [0.2, 0.25) is 0 Å². The molecule has 0 rings (SSSR count). The van der Waals surface area contributed by atoms with Crippen molar-refractivity contribution in [3.8, 4) is 0 Å². The summed E-state index contributed by atoms with van der Waals surface area (Å²) in [5.41, 5.74) is 4.66. The smallest absolute Gasteiger partial charge is 0.331 e. The van der Waals surface area contributed by atoms with Crippen LogP contribution in [-0.2, 0) is 9.53 Å². The monoisotopic (exact) mass is 290 g/mol. The van der Waals surface area contributed by atoms with Gasteiger partial charge in [0.2, 0.25) is 0 Å². The van der Waals surface area contributed by atoms with Gasteiger partial charge in [0.1, 0.15) is 0 Å². The second-order valence-corrected chi connectivity index (χ2v) is 5.61. The van der Waals surface area contributed by atoms with E-state index >= 15 is 0 Å². The molecule has 0 aromatic rings. The molecule has 0 aliphatic carbocycles. The van der Waals surface area contributed by atoms with Crippen molar-refractivity contribution in [3.63, 3.8) is 0 Å². The van der Waals surface area contributed by atoms with Gasteiger partial charge in [0.05, 0.1) is 6.61 Å². The van der Waals surface area contributed by atoms with Crippen LogP contribution in [0.5, 0.6) is 0 Å². The van der Waals surface area contributed by atoms with Crippen LogP contribution in [0.25, 0.3) is 0 Å². The fourth-order valence-corrected chi connectivity index (χ4v) is 1.90. The number of carbonyl (C=O) groups is 1. The molecule has 0 N–H and O–H groups in total. The van der Waals surface area contributed by atoms with Gasteiger partial charge in [-0.25, -0.2) is 4.79 Å². The van der Waals surface area contributed by atoms with Crippen LogP contribution in [0.4, 0.5) is 0 Å². The molecule has 0 amide bonds. The lowest BCUT2D eigenvalue weighted by Crippen LogP contribution is -2.01.